The normalized spacial score (nSPS) is 13.0. The van der Waals surface area contributed by atoms with Crippen molar-refractivity contribution in [3.63, 3.8) is 0 Å². The van der Waals surface area contributed by atoms with E-state index in [1.807, 2.05) is 0 Å². The van der Waals surface area contributed by atoms with Gasteiger partial charge in [-0.05, 0) is 36.0 Å². The van der Waals surface area contributed by atoms with Crippen LogP contribution in [0, 0.1) is 12.8 Å². The maximum absolute atomic E-state index is 5.32. The van der Waals surface area contributed by atoms with Gasteiger partial charge in [-0.25, -0.2) is 0 Å². The zero-order chi connectivity index (χ0) is 10.7. The van der Waals surface area contributed by atoms with Gasteiger partial charge in [0.1, 0.15) is 5.75 Å². The highest BCUT2D eigenvalue weighted by Crippen LogP contribution is 2.28. The molecule has 0 aromatic heterocycles. The molecule has 0 saturated heterocycles. The molecule has 0 aliphatic heterocycles. The van der Waals surface area contributed by atoms with Crippen molar-refractivity contribution < 1.29 is 4.74 Å². The summed E-state index contributed by atoms with van der Waals surface area (Å²) in [7, 11) is 1.73. The molecule has 1 heteroatoms. The minimum absolute atomic E-state index is 0.587. The van der Waals surface area contributed by atoms with Crippen LogP contribution < -0.4 is 4.74 Å². The molecule has 0 N–H and O–H groups in total. The molecule has 0 heterocycles. The van der Waals surface area contributed by atoms with Gasteiger partial charge in [0.25, 0.3) is 0 Å². The van der Waals surface area contributed by atoms with Crippen LogP contribution in [0.2, 0.25) is 0 Å². The van der Waals surface area contributed by atoms with Crippen LogP contribution in [0.5, 0.6) is 5.75 Å². The van der Waals surface area contributed by atoms with Gasteiger partial charge >= 0.3 is 0 Å². The number of rotatable bonds is 3. The fourth-order valence-electron chi connectivity index (χ4n) is 1.50. The Bertz CT molecular complexity index is 302. The summed E-state index contributed by atoms with van der Waals surface area (Å²) in [6.45, 7) is 8.82. The van der Waals surface area contributed by atoms with Crippen molar-refractivity contribution >= 4 is 0 Å². The standard InChI is InChI=1S/C13H20O/c1-9(2)11(4)12-7-6-10(3)13(8-12)14-5/h6-9,11H,1-5H3. The first-order valence-electron chi connectivity index (χ1n) is 5.20. The van der Waals surface area contributed by atoms with E-state index in [1.54, 1.807) is 7.11 Å². The Morgan fingerprint density at radius 1 is 1.14 bits per heavy atom. The second kappa shape index (κ2) is 4.50. The summed E-state index contributed by atoms with van der Waals surface area (Å²) in [6, 6.07) is 6.48. The predicted octanol–water partition coefficient (Wildman–Crippen LogP) is 3.76. The fraction of sp³-hybridized carbons (Fsp3) is 0.538. The number of aryl methyl sites for hydroxylation is 1. The molecule has 0 fully saturated rings. The second-order valence-corrected chi connectivity index (χ2v) is 4.26. The van der Waals surface area contributed by atoms with Gasteiger partial charge in [-0.15, -0.1) is 0 Å². The van der Waals surface area contributed by atoms with Crippen molar-refractivity contribution in [2.75, 3.05) is 7.11 Å². The summed E-state index contributed by atoms with van der Waals surface area (Å²) in [5, 5.41) is 0. The lowest BCUT2D eigenvalue weighted by molar-refractivity contribution is 0.410. The van der Waals surface area contributed by atoms with E-state index in [1.165, 1.54) is 11.1 Å². The van der Waals surface area contributed by atoms with Gasteiger partial charge in [-0.3, -0.25) is 0 Å². The number of ether oxygens (including phenoxy) is 1. The van der Waals surface area contributed by atoms with E-state index in [2.05, 4.69) is 45.9 Å². The van der Waals surface area contributed by atoms with Gasteiger partial charge in [-0.2, -0.15) is 0 Å². The summed E-state index contributed by atoms with van der Waals surface area (Å²) < 4.78 is 5.32. The Balaban J connectivity index is 3.00. The Labute approximate surface area is 87.1 Å². The molecule has 0 saturated carbocycles. The van der Waals surface area contributed by atoms with E-state index < -0.39 is 0 Å². The molecule has 1 rings (SSSR count). The Morgan fingerprint density at radius 3 is 2.29 bits per heavy atom. The average molecular weight is 192 g/mol. The van der Waals surface area contributed by atoms with Crippen molar-refractivity contribution in [3.05, 3.63) is 29.3 Å². The smallest absolute Gasteiger partial charge is 0.122 e. The molecular formula is C13H20O. The van der Waals surface area contributed by atoms with Gasteiger partial charge in [-0.1, -0.05) is 32.9 Å². The highest BCUT2D eigenvalue weighted by molar-refractivity contribution is 5.37. The van der Waals surface area contributed by atoms with Crippen LogP contribution >= 0.6 is 0 Å². The predicted molar refractivity (Wildman–Crippen MR) is 61.0 cm³/mol. The quantitative estimate of drug-likeness (QED) is 0.708. The van der Waals surface area contributed by atoms with Crippen LogP contribution in [0.25, 0.3) is 0 Å². The van der Waals surface area contributed by atoms with Crippen LogP contribution in [0.15, 0.2) is 18.2 Å². The lowest BCUT2D eigenvalue weighted by Crippen LogP contribution is -2.02. The van der Waals surface area contributed by atoms with Crippen LogP contribution in [-0.2, 0) is 0 Å². The van der Waals surface area contributed by atoms with Gasteiger partial charge in [0, 0.05) is 0 Å². The van der Waals surface area contributed by atoms with Gasteiger partial charge in [0.2, 0.25) is 0 Å². The largest absolute Gasteiger partial charge is 0.496 e. The van der Waals surface area contributed by atoms with E-state index in [4.69, 9.17) is 4.74 Å². The first-order chi connectivity index (χ1) is 6.56. The van der Waals surface area contributed by atoms with Crippen molar-refractivity contribution in [1.82, 2.24) is 0 Å². The van der Waals surface area contributed by atoms with Gasteiger partial charge in [0.15, 0.2) is 0 Å². The van der Waals surface area contributed by atoms with E-state index in [-0.39, 0.29) is 0 Å². The molecule has 0 bridgehead atoms. The first kappa shape index (κ1) is 11.1. The summed E-state index contributed by atoms with van der Waals surface area (Å²) in [5.41, 5.74) is 2.56. The fourth-order valence-corrected chi connectivity index (χ4v) is 1.50. The molecule has 0 aliphatic rings. The van der Waals surface area contributed by atoms with Crippen molar-refractivity contribution in [3.8, 4) is 5.75 Å². The van der Waals surface area contributed by atoms with Crippen LogP contribution in [-0.4, -0.2) is 7.11 Å². The van der Waals surface area contributed by atoms with Gasteiger partial charge in [0.05, 0.1) is 7.11 Å². The molecular weight excluding hydrogens is 172 g/mol. The third-order valence-electron chi connectivity index (χ3n) is 2.96. The molecule has 78 valence electrons. The van der Waals surface area contributed by atoms with Crippen molar-refractivity contribution in [2.45, 2.75) is 33.6 Å². The minimum atomic E-state index is 0.587. The van der Waals surface area contributed by atoms with Crippen LogP contribution in [0.3, 0.4) is 0 Å². The van der Waals surface area contributed by atoms with E-state index in [9.17, 15) is 0 Å². The molecule has 1 atom stereocenters. The zero-order valence-electron chi connectivity index (χ0n) is 9.79. The summed E-state index contributed by atoms with van der Waals surface area (Å²) in [5.74, 6) is 2.25. The maximum Gasteiger partial charge on any atom is 0.122 e. The van der Waals surface area contributed by atoms with E-state index in [0.29, 0.717) is 11.8 Å². The Kier molecular flexibility index (Phi) is 3.56. The topological polar surface area (TPSA) is 9.23 Å². The second-order valence-electron chi connectivity index (χ2n) is 4.26. The molecule has 14 heavy (non-hydrogen) atoms. The highest BCUT2D eigenvalue weighted by Gasteiger charge is 2.11. The van der Waals surface area contributed by atoms with Crippen LogP contribution in [0.1, 0.15) is 37.8 Å². The molecule has 1 nitrogen and oxygen atoms in total. The minimum Gasteiger partial charge on any atom is -0.496 e. The number of benzene rings is 1. The third kappa shape index (κ3) is 2.28. The number of hydrogen-bond acceptors (Lipinski definition) is 1. The highest BCUT2D eigenvalue weighted by atomic mass is 16.5. The first-order valence-corrected chi connectivity index (χ1v) is 5.20. The van der Waals surface area contributed by atoms with E-state index in [0.717, 1.165) is 5.75 Å². The maximum atomic E-state index is 5.32. The summed E-state index contributed by atoms with van der Waals surface area (Å²) in [6.07, 6.45) is 0. The Morgan fingerprint density at radius 2 is 1.79 bits per heavy atom. The zero-order valence-corrected chi connectivity index (χ0v) is 9.79. The molecule has 1 aromatic rings. The van der Waals surface area contributed by atoms with E-state index >= 15 is 0 Å². The molecule has 0 amide bonds. The lowest BCUT2D eigenvalue weighted by atomic mass is 9.90. The van der Waals surface area contributed by atoms with Crippen LogP contribution in [0.4, 0.5) is 0 Å². The SMILES string of the molecule is COc1cc(C(C)C(C)C)ccc1C. The molecule has 1 unspecified atom stereocenters. The summed E-state index contributed by atoms with van der Waals surface area (Å²) >= 11 is 0. The lowest BCUT2D eigenvalue weighted by Gasteiger charge is -2.17. The molecule has 0 spiro atoms. The van der Waals surface area contributed by atoms with Crippen molar-refractivity contribution in [2.24, 2.45) is 5.92 Å². The molecule has 0 radical (unpaired) electrons. The van der Waals surface area contributed by atoms with Crippen molar-refractivity contribution in [1.29, 1.82) is 0 Å². The van der Waals surface area contributed by atoms with Gasteiger partial charge < -0.3 is 4.74 Å². The monoisotopic (exact) mass is 192 g/mol. The third-order valence-corrected chi connectivity index (χ3v) is 2.96. The number of methoxy groups -OCH3 is 1. The average Bonchev–Trinajstić information content (AvgIpc) is 2.17. The Hall–Kier alpha value is -0.980. The number of hydrogen-bond donors (Lipinski definition) is 0. The molecule has 1 aromatic carbocycles. The molecule has 0 aliphatic carbocycles. The summed E-state index contributed by atoms with van der Waals surface area (Å²) in [4.78, 5) is 0.